The smallest absolute Gasteiger partial charge is 0.119 e. The minimum atomic E-state index is -0.653. The normalized spacial score (nSPS) is 12.0. The molecule has 0 aliphatic heterocycles. The van der Waals surface area contributed by atoms with Gasteiger partial charge in [0.15, 0.2) is 0 Å². The van der Waals surface area contributed by atoms with Crippen molar-refractivity contribution in [3.8, 4) is 5.75 Å². The molecular weight excluding hydrogens is 254 g/mol. The van der Waals surface area contributed by atoms with Crippen LogP contribution < -0.4 is 4.74 Å². The van der Waals surface area contributed by atoms with Crippen molar-refractivity contribution >= 4 is 0 Å². The van der Waals surface area contributed by atoms with Gasteiger partial charge >= 0.3 is 0 Å². The molecule has 0 amide bonds. The van der Waals surface area contributed by atoms with Crippen LogP contribution in [0.3, 0.4) is 0 Å². The fourth-order valence-electron chi connectivity index (χ4n) is 1.97. The lowest BCUT2D eigenvalue weighted by Crippen LogP contribution is -2.14. The van der Waals surface area contributed by atoms with Gasteiger partial charge in [-0.25, -0.2) is 0 Å². The van der Waals surface area contributed by atoms with Crippen molar-refractivity contribution in [2.75, 3.05) is 13.2 Å². The lowest BCUT2D eigenvalue weighted by atomic mass is 10.1. The summed E-state index contributed by atoms with van der Waals surface area (Å²) < 4.78 is 5.79. The Balaban J connectivity index is 2.54. The molecule has 20 heavy (non-hydrogen) atoms. The quantitative estimate of drug-likeness (QED) is 0.424. The highest BCUT2D eigenvalue weighted by molar-refractivity contribution is 5.29. The van der Waals surface area contributed by atoms with E-state index in [9.17, 15) is 5.11 Å². The van der Waals surface area contributed by atoms with Gasteiger partial charge < -0.3 is 9.84 Å². The summed E-state index contributed by atoms with van der Waals surface area (Å²) in [5.41, 5.74) is 9.20. The Labute approximate surface area is 120 Å². The molecule has 1 rings (SSSR count). The molecule has 0 aliphatic carbocycles. The van der Waals surface area contributed by atoms with Gasteiger partial charge in [-0.05, 0) is 35.6 Å². The molecule has 110 valence electrons. The van der Waals surface area contributed by atoms with Gasteiger partial charge in [-0.2, -0.15) is 0 Å². The van der Waals surface area contributed by atoms with Crippen LogP contribution in [0.15, 0.2) is 29.4 Å². The zero-order valence-electron chi connectivity index (χ0n) is 12.2. The number of hydrogen-bond acceptors (Lipinski definition) is 3. The molecule has 0 aliphatic rings. The SMILES string of the molecule is CCC(CC)COc1cccc(C[C@@H](O)CN=[N+]=[N-])c1. The van der Waals surface area contributed by atoms with E-state index >= 15 is 0 Å². The Hall–Kier alpha value is -1.71. The predicted octanol–water partition coefficient (Wildman–Crippen LogP) is 3.72. The number of ether oxygens (including phenoxy) is 1. The first-order valence-corrected chi connectivity index (χ1v) is 7.10. The minimum Gasteiger partial charge on any atom is -0.493 e. The number of hydrogen-bond donors (Lipinski definition) is 1. The van der Waals surface area contributed by atoms with E-state index in [4.69, 9.17) is 10.3 Å². The van der Waals surface area contributed by atoms with E-state index in [1.807, 2.05) is 24.3 Å². The molecule has 1 aromatic carbocycles. The molecule has 0 bridgehead atoms. The van der Waals surface area contributed by atoms with Crippen LogP contribution >= 0.6 is 0 Å². The number of aliphatic hydroxyl groups is 1. The summed E-state index contributed by atoms with van der Waals surface area (Å²) in [7, 11) is 0. The zero-order chi connectivity index (χ0) is 14.8. The van der Waals surface area contributed by atoms with Gasteiger partial charge in [0.25, 0.3) is 0 Å². The van der Waals surface area contributed by atoms with E-state index in [1.54, 1.807) is 0 Å². The van der Waals surface area contributed by atoms with Gasteiger partial charge in [0.05, 0.1) is 19.3 Å². The zero-order valence-corrected chi connectivity index (χ0v) is 12.2. The van der Waals surface area contributed by atoms with Crippen LogP contribution in [0.1, 0.15) is 32.3 Å². The number of benzene rings is 1. The molecule has 0 aromatic heterocycles. The number of azide groups is 1. The van der Waals surface area contributed by atoms with Crippen LogP contribution in [-0.2, 0) is 6.42 Å². The maximum atomic E-state index is 9.71. The van der Waals surface area contributed by atoms with Crippen molar-refractivity contribution in [3.05, 3.63) is 40.3 Å². The van der Waals surface area contributed by atoms with Crippen LogP contribution in [0, 0.1) is 5.92 Å². The van der Waals surface area contributed by atoms with Crippen LogP contribution in [0.4, 0.5) is 0 Å². The lowest BCUT2D eigenvalue weighted by Gasteiger charge is -2.15. The van der Waals surface area contributed by atoms with E-state index < -0.39 is 6.10 Å². The summed E-state index contributed by atoms with van der Waals surface area (Å²) in [5.74, 6) is 1.40. The van der Waals surface area contributed by atoms with Crippen LogP contribution in [0.5, 0.6) is 5.75 Å². The van der Waals surface area contributed by atoms with Crippen LogP contribution in [-0.4, -0.2) is 24.4 Å². The molecule has 0 saturated heterocycles. The first-order valence-electron chi connectivity index (χ1n) is 7.10. The maximum absolute atomic E-state index is 9.71. The fourth-order valence-corrected chi connectivity index (χ4v) is 1.97. The highest BCUT2D eigenvalue weighted by atomic mass is 16.5. The monoisotopic (exact) mass is 277 g/mol. The van der Waals surface area contributed by atoms with Gasteiger partial charge in [-0.1, -0.05) is 43.9 Å². The summed E-state index contributed by atoms with van der Waals surface area (Å²) in [6, 6.07) is 7.70. The average molecular weight is 277 g/mol. The van der Waals surface area contributed by atoms with E-state index in [1.165, 1.54) is 0 Å². The molecule has 5 heteroatoms. The molecule has 0 radical (unpaired) electrons. The third-order valence-electron chi connectivity index (χ3n) is 3.37. The average Bonchev–Trinajstić information content (AvgIpc) is 2.46. The lowest BCUT2D eigenvalue weighted by molar-refractivity contribution is 0.183. The molecule has 1 aromatic rings. The minimum absolute atomic E-state index is 0.0926. The molecule has 0 saturated carbocycles. The Bertz CT molecular complexity index is 440. The van der Waals surface area contributed by atoms with Gasteiger partial charge in [0, 0.05) is 4.91 Å². The van der Waals surface area contributed by atoms with Gasteiger partial charge in [0.2, 0.25) is 0 Å². The first kappa shape index (κ1) is 16.3. The molecule has 5 nitrogen and oxygen atoms in total. The largest absolute Gasteiger partial charge is 0.493 e. The molecule has 0 fully saturated rings. The van der Waals surface area contributed by atoms with E-state index in [0.717, 1.165) is 30.8 Å². The Kier molecular flexibility index (Phi) is 7.55. The molecule has 0 unspecified atom stereocenters. The fraction of sp³-hybridized carbons (Fsp3) is 0.600. The van der Waals surface area contributed by atoms with Gasteiger partial charge in [-0.15, -0.1) is 0 Å². The van der Waals surface area contributed by atoms with Crippen LogP contribution in [0.25, 0.3) is 10.4 Å². The van der Waals surface area contributed by atoms with E-state index in [-0.39, 0.29) is 6.54 Å². The van der Waals surface area contributed by atoms with Gasteiger partial charge in [0.1, 0.15) is 5.75 Å². The number of aliphatic hydroxyl groups excluding tert-OH is 1. The molecule has 1 atom stereocenters. The second kappa shape index (κ2) is 9.23. The second-order valence-electron chi connectivity index (χ2n) is 4.91. The Morgan fingerprint density at radius 3 is 2.75 bits per heavy atom. The maximum Gasteiger partial charge on any atom is 0.119 e. The Morgan fingerprint density at radius 1 is 1.35 bits per heavy atom. The molecule has 1 N–H and O–H groups in total. The molecule has 0 spiro atoms. The van der Waals surface area contributed by atoms with Crippen molar-refractivity contribution in [1.82, 2.24) is 0 Å². The molecule has 0 heterocycles. The van der Waals surface area contributed by atoms with Crippen LogP contribution in [0.2, 0.25) is 0 Å². The van der Waals surface area contributed by atoms with Crippen molar-refractivity contribution in [2.45, 2.75) is 39.2 Å². The van der Waals surface area contributed by atoms with Crippen molar-refractivity contribution in [1.29, 1.82) is 0 Å². The van der Waals surface area contributed by atoms with Crippen molar-refractivity contribution in [2.24, 2.45) is 11.0 Å². The number of rotatable bonds is 9. The Morgan fingerprint density at radius 2 is 2.10 bits per heavy atom. The summed E-state index contributed by atoms with van der Waals surface area (Å²) in [6.45, 7) is 5.15. The summed E-state index contributed by atoms with van der Waals surface area (Å²) in [6.07, 6.45) is 2.03. The first-order chi connectivity index (χ1) is 9.69. The topological polar surface area (TPSA) is 78.2 Å². The highest BCUT2D eigenvalue weighted by Gasteiger charge is 2.07. The predicted molar refractivity (Wildman–Crippen MR) is 79.7 cm³/mol. The second-order valence-corrected chi connectivity index (χ2v) is 4.91. The van der Waals surface area contributed by atoms with E-state index in [2.05, 4.69) is 23.9 Å². The summed E-state index contributed by atoms with van der Waals surface area (Å²) in [4.78, 5) is 2.64. The van der Waals surface area contributed by atoms with E-state index in [0.29, 0.717) is 12.3 Å². The number of nitrogens with zero attached hydrogens (tertiary/aromatic N) is 3. The third kappa shape index (κ3) is 5.95. The van der Waals surface area contributed by atoms with Crippen molar-refractivity contribution < 1.29 is 9.84 Å². The standard InChI is InChI=1S/C15H23N3O2/c1-3-12(4-2)11-20-15-7-5-6-13(9-15)8-14(19)10-17-18-16/h5-7,9,12,14,19H,3-4,8,10-11H2,1-2H3/t14-/m1/s1. The summed E-state index contributed by atoms with van der Waals surface area (Å²) in [5, 5.41) is 13.1. The third-order valence-corrected chi connectivity index (χ3v) is 3.37. The van der Waals surface area contributed by atoms with Gasteiger partial charge in [-0.3, -0.25) is 0 Å². The highest BCUT2D eigenvalue weighted by Crippen LogP contribution is 2.17. The van der Waals surface area contributed by atoms with Crippen molar-refractivity contribution in [3.63, 3.8) is 0 Å². The summed E-state index contributed by atoms with van der Waals surface area (Å²) >= 11 is 0. The molecular formula is C15H23N3O2.